The Kier molecular flexibility index (Phi) is 5.97. The van der Waals surface area contributed by atoms with Gasteiger partial charge >= 0.3 is 0 Å². The van der Waals surface area contributed by atoms with Crippen LogP contribution in [-0.2, 0) is 15.7 Å². The molecule has 1 aromatic rings. The lowest BCUT2D eigenvalue weighted by Gasteiger charge is -2.50. The van der Waals surface area contributed by atoms with Gasteiger partial charge in [-0.15, -0.1) is 0 Å². The highest BCUT2D eigenvalue weighted by molar-refractivity contribution is 6.70. The standard InChI is InChI=1S/C25H41NO3Si2/c1-25-14-13-20-19-12-10-18(28-30(3,4)5)15-17(19)9-11-21(20)24(25)22(29-31(6,7)8)16-23(25)26-27-2/h10,12,15,20-22,24H,9,11,13-14,16H2,1-8H3/b26-23+/t20-,21-,22?,24-,25-/m1/s1. The van der Waals surface area contributed by atoms with Gasteiger partial charge in [0.2, 0.25) is 8.32 Å². The SMILES string of the molecule is CO/N=C1\CC(O[Si](C)(C)C)[C@H]2[C@@H]3CCc4cc(O[Si](C)(C)C)ccc4[C@H]3CC[C@]12C. The highest BCUT2D eigenvalue weighted by Gasteiger charge is 2.59. The molecule has 1 aromatic carbocycles. The molecule has 31 heavy (non-hydrogen) atoms. The van der Waals surface area contributed by atoms with Gasteiger partial charge in [0, 0.05) is 11.8 Å². The van der Waals surface area contributed by atoms with Crippen molar-refractivity contribution in [3.05, 3.63) is 29.3 Å². The van der Waals surface area contributed by atoms with Gasteiger partial charge in [-0.2, -0.15) is 0 Å². The first kappa shape index (κ1) is 23.1. The number of hydrogen-bond donors (Lipinski definition) is 0. The predicted molar refractivity (Wildman–Crippen MR) is 133 cm³/mol. The fourth-order valence-electron chi connectivity index (χ4n) is 6.62. The van der Waals surface area contributed by atoms with Crippen LogP contribution in [0.1, 0.15) is 49.7 Å². The molecule has 0 bridgehead atoms. The molecule has 3 aliphatic rings. The van der Waals surface area contributed by atoms with Gasteiger partial charge in [-0.05, 0) is 106 Å². The molecule has 2 fully saturated rings. The fraction of sp³-hybridized carbons (Fsp3) is 0.720. The third-order valence-corrected chi connectivity index (χ3v) is 9.39. The maximum atomic E-state index is 6.81. The summed E-state index contributed by atoms with van der Waals surface area (Å²) in [7, 11) is -1.56. The van der Waals surface area contributed by atoms with E-state index in [4.69, 9.17) is 13.7 Å². The molecule has 3 aliphatic carbocycles. The zero-order chi connectivity index (χ0) is 22.6. The highest BCUT2D eigenvalue weighted by Crippen LogP contribution is 2.61. The van der Waals surface area contributed by atoms with Crippen LogP contribution >= 0.6 is 0 Å². The lowest BCUT2D eigenvalue weighted by atomic mass is 9.55. The molecular weight excluding hydrogens is 418 g/mol. The normalized spacial score (nSPS) is 34.1. The van der Waals surface area contributed by atoms with Gasteiger partial charge in [0.15, 0.2) is 8.32 Å². The number of nitrogens with zero attached hydrogens (tertiary/aromatic N) is 1. The van der Waals surface area contributed by atoms with Crippen molar-refractivity contribution in [2.45, 2.75) is 90.3 Å². The Morgan fingerprint density at radius 3 is 2.42 bits per heavy atom. The van der Waals surface area contributed by atoms with Crippen molar-refractivity contribution in [3.8, 4) is 5.75 Å². The second-order valence-corrected chi connectivity index (χ2v) is 20.9. The number of oxime groups is 1. The fourth-order valence-corrected chi connectivity index (χ4v) is 8.59. The minimum atomic E-state index is -1.65. The van der Waals surface area contributed by atoms with Crippen molar-refractivity contribution in [1.82, 2.24) is 0 Å². The van der Waals surface area contributed by atoms with E-state index >= 15 is 0 Å². The first-order valence-electron chi connectivity index (χ1n) is 12.0. The molecule has 0 aromatic heterocycles. The molecule has 0 saturated heterocycles. The summed E-state index contributed by atoms with van der Waals surface area (Å²) >= 11 is 0. The summed E-state index contributed by atoms with van der Waals surface area (Å²) in [5, 5.41) is 4.53. The van der Waals surface area contributed by atoms with Crippen molar-refractivity contribution in [1.29, 1.82) is 0 Å². The smallest absolute Gasteiger partial charge is 0.242 e. The lowest BCUT2D eigenvalue weighted by Crippen LogP contribution is -2.47. The van der Waals surface area contributed by atoms with Crippen LogP contribution in [0.3, 0.4) is 0 Å². The Hall–Kier alpha value is -1.12. The van der Waals surface area contributed by atoms with Gasteiger partial charge in [0.05, 0.1) is 11.8 Å². The highest BCUT2D eigenvalue weighted by atomic mass is 28.4. The monoisotopic (exact) mass is 459 g/mol. The lowest BCUT2D eigenvalue weighted by molar-refractivity contribution is 0.0110. The Morgan fingerprint density at radius 1 is 1.03 bits per heavy atom. The molecule has 0 aliphatic heterocycles. The molecule has 0 N–H and O–H groups in total. The molecule has 5 atom stereocenters. The van der Waals surface area contributed by atoms with E-state index in [2.05, 4.69) is 69.6 Å². The molecule has 4 rings (SSSR count). The molecule has 0 radical (unpaired) electrons. The van der Waals surface area contributed by atoms with Crippen LogP contribution in [0.25, 0.3) is 0 Å². The van der Waals surface area contributed by atoms with Gasteiger partial charge in [-0.3, -0.25) is 0 Å². The van der Waals surface area contributed by atoms with Crippen molar-refractivity contribution in [2.75, 3.05) is 7.11 Å². The Bertz CT molecular complexity index is 857. The van der Waals surface area contributed by atoms with E-state index in [0.29, 0.717) is 17.8 Å². The summed E-state index contributed by atoms with van der Waals surface area (Å²) in [6.45, 7) is 16.1. The second kappa shape index (κ2) is 8.03. The van der Waals surface area contributed by atoms with Gasteiger partial charge in [-0.1, -0.05) is 18.1 Å². The predicted octanol–water partition coefficient (Wildman–Crippen LogP) is 6.59. The van der Waals surface area contributed by atoms with E-state index < -0.39 is 16.6 Å². The maximum absolute atomic E-state index is 6.81. The van der Waals surface area contributed by atoms with Crippen LogP contribution in [0.15, 0.2) is 23.4 Å². The van der Waals surface area contributed by atoms with Crippen LogP contribution in [0.4, 0.5) is 0 Å². The van der Waals surface area contributed by atoms with E-state index in [0.717, 1.165) is 18.6 Å². The van der Waals surface area contributed by atoms with Crippen LogP contribution in [0.5, 0.6) is 5.75 Å². The quantitative estimate of drug-likeness (QED) is 0.368. The summed E-state index contributed by atoms with van der Waals surface area (Å²) in [6.07, 6.45) is 5.97. The van der Waals surface area contributed by atoms with Gasteiger partial charge < -0.3 is 13.7 Å². The van der Waals surface area contributed by atoms with Gasteiger partial charge in [-0.25, -0.2) is 0 Å². The van der Waals surface area contributed by atoms with Crippen LogP contribution in [0, 0.1) is 17.3 Å². The topological polar surface area (TPSA) is 40.0 Å². The van der Waals surface area contributed by atoms with Crippen molar-refractivity contribution in [3.63, 3.8) is 0 Å². The van der Waals surface area contributed by atoms with E-state index in [1.54, 1.807) is 12.7 Å². The molecular formula is C25H41NO3Si2. The molecule has 0 heterocycles. The van der Waals surface area contributed by atoms with E-state index in [1.807, 2.05) is 0 Å². The van der Waals surface area contributed by atoms with E-state index in [9.17, 15) is 0 Å². The van der Waals surface area contributed by atoms with Crippen molar-refractivity contribution < 1.29 is 13.7 Å². The van der Waals surface area contributed by atoms with Crippen LogP contribution < -0.4 is 4.43 Å². The maximum Gasteiger partial charge on any atom is 0.242 e. The molecule has 172 valence electrons. The third-order valence-electron chi connectivity index (χ3n) is 7.53. The number of rotatable bonds is 5. The minimum Gasteiger partial charge on any atom is -0.544 e. The van der Waals surface area contributed by atoms with Crippen LogP contribution in [-0.4, -0.2) is 35.6 Å². The number of aryl methyl sites for hydroxylation is 1. The summed E-state index contributed by atoms with van der Waals surface area (Å²) < 4.78 is 13.1. The first-order valence-corrected chi connectivity index (χ1v) is 18.8. The minimum absolute atomic E-state index is 0.0971. The summed E-state index contributed by atoms with van der Waals surface area (Å²) in [6, 6.07) is 6.92. The largest absolute Gasteiger partial charge is 0.544 e. The summed E-state index contributed by atoms with van der Waals surface area (Å²) in [5.74, 6) is 2.86. The second-order valence-electron chi connectivity index (χ2n) is 12.1. The molecule has 6 heteroatoms. The van der Waals surface area contributed by atoms with Crippen molar-refractivity contribution in [2.24, 2.45) is 22.4 Å². The van der Waals surface area contributed by atoms with Crippen molar-refractivity contribution >= 4 is 22.3 Å². The van der Waals surface area contributed by atoms with Gasteiger partial charge in [0.25, 0.3) is 0 Å². The van der Waals surface area contributed by atoms with E-state index in [-0.39, 0.29) is 11.5 Å². The zero-order valence-corrected chi connectivity index (χ0v) is 22.7. The number of hydrogen-bond acceptors (Lipinski definition) is 4. The Morgan fingerprint density at radius 2 is 1.77 bits per heavy atom. The summed E-state index contributed by atoms with van der Waals surface area (Å²) in [5.41, 5.74) is 4.39. The Labute approximate surface area is 191 Å². The van der Waals surface area contributed by atoms with Gasteiger partial charge in [0.1, 0.15) is 12.9 Å². The average molecular weight is 460 g/mol. The molecule has 0 spiro atoms. The average Bonchev–Trinajstić information content (AvgIpc) is 2.90. The van der Waals surface area contributed by atoms with Crippen LogP contribution in [0.2, 0.25) is 39.3 Å². The number of fused-ring (bicyclic) bond motifs is 5. The zero-order valence-electron chi connectivity index (χ0n) is 20.7. The number of benzene rings is 1. The molecule has 4 nitrogen and oxygen atoms in total. The molecule has 0 amide bonds. The third kappa shape index (κ3) is 4.53. The Balaban J connectivity index is 1.66. The first-order chi connectivity index (χ1) is 14.4. The molecule has 1 unspecified atom stereocenters. The van der Waals surface area contributed by atoms with E-state index in [1.165, 1.54) is 30.5 Å². The molecule has 2 saturated carbocycles. The summed E-state index contributed by atoms with van der Waals surface area (Å²) in [4.78, 5) is 5.30.